The van der Waals surface area contributed by atoms with Crippen molar-refractivity contribution in [2.75, 3.05) is 4.90 Å². The number of carbonyl (C=O) groups is 3. The van der Waals surface area contributed by atoms with Gasteiger partial charge in [0.05, 0.1) is 0 Å². The average Bonchev–Trinajstić information content (AvgIpc) is 2.87. The normalized spacial score (nSPS) is 18.5. The minimum Gasteiger partial charge on any atom is -0.292 e. The molecule has 5 nitrogen and oxygen atoms in total. The molecule has 3 aromatic rings. The Morgan fingerprint density at radius 1 is 0.853 bits per heavy atom. The van der Waals surface area contributed by atoms with Crippen LogP contribution in [-0.2, 0) is 4.79 Å². The van der Waals surface area contributed by atoms with E-state index in [0.29, 0.717) is 27.4 Å². The average molecular weight is 473 g/mol. The first-order valence-corrected chi connectivity index (χ1v) is 12.0. The Morgan fingerprint density at radius 3 is 2.29 bits per heavy atom. The maximum absolute atomic E-state index is 14.1. The van der Waals surface area contributed by atoms with Gasteiger partial charge in [-0.1, -0.05) is 73.3 Å². The molecular formula is C28H25ClN2O3. The standard InChI is InChI=1S/C28H25ClN2O3/c29-20-12-9-15-22(18-20)30(26(32)19-10-3-1-4-11-19)25-23-16-7-8-17-24(23)27(33)31(28(25)34)21-13-5-2-6-14-21/h1,3-4,7-12,15-18,21,25H,2,5-6,13-14H2. The fourth-order valence-corrected chi connectivity index (χ4v) is 5.27. The van der Waals surface area contributed by atoms with Gasteiger partial charge in [-0.2, -0.15) is 0 Å². The van der Waals surface area contributed by atoms with Gasteiger partial charge >= 0.3 is 0 Å². The van der Waals surface area contributed by atoms with Crippen LogP contribution in [0.5, 0.6) is 0 Å². The van der Waals surface area contributed by atoms with Crippen LogP contribution in [0.15, 0.2) is 78.9 Å². The van der Waals surface area contributed by atoms with Crippen molar-refractivity contribution in [3.63, 3.8) is 0 Å². The molecule has 0 aromatic heterocycles. The van der Waals surface area contributed by atoms with Gasteiger partial charge in [-0.3, -0.25) is 24.2 Å². The first kappa shape index (κ1) is 22.4. The molecule has 1 fully saturated rings. The van der Waals surface area contributed by atoms with Crippen LogP contribution in [0.4, 0.5) is 5.69 Å². The molecule has 5 rings (SSSR count). The van der Waals surface area contributed by atoms with Crippen molar-refractivity contribution in [3.05, 3.63) is 101 Å². The highest BCUT2D eigenvalue weighted by molar-refractivity contribution is 6.31. The monoisotopic (exact) mass is 472 g/mol. The number of rotatable bonds is 4. The molecule has 1 heterocycles. The summed E-state index contributed by atoms with van der Waals surface area (Å²) in [6.07, 6.45) is 4.64. The van der Waals surface area contributed by atoms with Crippen LogP contribution in [0.2, 0.25) is 5.02 Å². The first-order valence-electron chi connectivity index (χ1n) is 11.7. The summed E-state index contributed by atoms with van der Waals surface area (Å²) < 4.78 is 0. The maximum Gasteiger partial charge on any atom is 0.261 e. The van der Waals surface area contributed by atoms with Crippen LogP contribution in [0.1, 0.15) is 64.4 Å². The second-order valence-electron chi connectivity index (χ2n) is 8.82. The summed E-state index contributed by atoms with van der Waals surface area (Å²) >= 11 is 6.30. The highest BCUT2D eigenvalue weighted by Crippen LogP contribution is 2.39. The molecule has 0 N–H and O–H groups in total. The van der Waals surface area contributed by atoms with Crippen molar-refractivity contribution in [2.24, 2.45) is 0 Å². The van der Waals surface area contributed by atoms with E-state index in [1.165, 1.54) is 9.80 Å². The van der Waals surface area contributed by atoms with Gasteiger partial charge in [0.25, 0.3) is 17.7 Å². The van der Waals surface area contributed by atoms with Crippen LogP contribution < -0.4 is 4.90 Å². The fraction of sp³-hybridized carbons (Fsp3) is 0.250. The Hall–Kier alpha value is -3.44. The highest BCUT2D eigenvalue weighted by atomic mass is 35.5. The number of imide groups is 1. The number of benzene rings is 3. The summed E-state index contributed by atoms with van der Waals surface area (Å²) in [5, 5.41) is 0.458. The summed E-state index contributed by atoms with van der Waals surface area (Å²) in [7, 11) is 0. The van der Waals surface area contributed by atoms with E-state index < -0.39 is 6.04 Å². The number of amides is 3. The van der Waals surface area contributed by atoms with E-state index in [9.17, 15) is 14.4 Å². The Balaban J connectivity index is 1.68. The molecule has 6 heteroatoms. The van der Waals surface area contributed by atoms with Gasteiger partial charge in [0.2, 0.25) is 0 Å². The van der Waals surface area contributed by atoms with E-state index in [2.05, 4.69) is 0 Å². The highest BCUT2D eigenvalue weighted by Gasteiger charge is 2.46. The Kier molecular flexibility index (Phi) is 6.20. The Bertz CT molecular complexity index is 1240. The van der Waals surface area contributed by atoms with E-state index in [1.54, 1.807) is 72.8 Å². The van der Waals surface area contributed by atoms with Gasteiger partial charge in [0, 0.05) is 27.9 Å². The minimum atomic E-state index is -0.970. The number of hydrogen-bond acceptors (Lipinski definition) is 3. The molecule has 34 heavy (non-hydrogen) atoms. The number of fused-ring (bicyclic) bond motifs is 1. The largest absolute Gasteiger partial charge is 0.292 e. The second kappa shape index (κ2) is 9.43. The van der Waals surface area contributed by atoms with Gasteiger partial charge in [-0.15, -0.1) is 0 Å². The van der Waals surface area contributed by atoms with Crippen LogP contribution in [-0.4, -0.2) is 28.7 Å². The quantitative estimate of drug-likeness (QED) is 0.435. The van der Waals surface area contributed by atoms with Crippen molar-refractivity contribution in [1.29, 1.82) is 0 Å². The van der Waals surface area contributed by atoms with Gasteiger partial charge in [-0.25, -0.2) is 0 Å². The summed E-state index contributed by atoms with van der Waals surface area (Å²) in [4.78, 5) is 44.4. The molecular weight excluding hydrogens is 448 g/mol. The minimum absolute atomic E-state index is 0.155. The lowest BCUT2D eigenvalue weighted by Crippen LogP contribution is -2.55. The van der Waals surface area contributed by atoms with Gasteiger partial charge in [-0.05, 0) is 54.8 Å². The van der Waals surface area contributed by atoms with Crippen molar-refractivity contribution >= 4 is 35.0 Å². The molecule has 3 amide bonds. The zero-order valence-electron chi connectivity index (χ0n) is 18.7. The summed E-state index contributed by atoms with van der Waals surface area (Å²) in [5.74, 6) is -0.962. The van der Waals surface area contributed by atoms with Gasteiger partial charge in [0.15, 0.2) is 0 Å². The van der Waals surface area contributed by atoms with E-state index in [-0.39, 0.29) is 23.8 Å². The molecule has 1 atom stereocenters. The van der Waals surface area contributed by atoms with E-state index in [1.807, 2.05) is 6.07 Å². The summed E-state index contributed by atoms with van der Waals surface area (Å²) in [5.41, 5.74) is 1.96. The van der Waals surface area contributed by atoms with Crippen LogP contribution in [0.25, 0.3) is 0 Å². The predicted molar refractivity (Wildman–Crippen MR) is 132 cm³/mol. The predicted octanol–water partition coefficient (Wildman–Crippen LogP) is 6.04. The van der Waals surface area contributed by atoms with Crippen molar-refractivity contribution < 1.29 is 14.4 Å². The van der Waals surface area contributed by atoms with Crippen molar-refractivity contribution in [1.82, 2.24) is 4.90 Å². The zero-order valence-corrected chi connectivity index (χ0v) is 19.4. The molecule has 3 aromatic carbocycles. The zero-order chi connectivity index (χ0) is 23.7. The van der Waals surface area contributed by atoms with E-state index in [0.717, 1.165) is 32.1 Å². The third-order valence-corrected chi connectivity index (χ3v) is 6.93. The lowest BCUT2D eigenvalue weighted by atomic mass is 9.87. The molecule has 1 saturated carbocycles. The molecule has 2 aliphatic rings. The number of nitrogens with zero attached hydrogens (tertiary/aromatic N) is 2. The second-order valence-corrected chi connectivity index (χ2v) is 9.25. The topological polar surface area (TPSA) is 57.7 Å². The smallest absolute Gasteiger partial charge is 0.261 e. The number of anilines is 1. The lowest BCUT2D eigenvalue weighted by molar-refractivity contribution is -0.133. The molecule has 172 valence electrons. The van der Waals surface area contributed by atoms with E-state index in [4.69, 9.17) is 11.6 Å². The lowest BCUT2D eigenvalue weighted by Gasteiger charge is -2.42. The van der Waals surface area contributed by atoms with Crippen LogP contribution in [0.3, 0.4) is 0 Å². The molecule has 0 saturated heterocycles. The van der Waals surface area contributed by atoms with Gasteiger partial charge < -0.3 is 0 Å². The molecule has 0 bridgehead atoms. The fourth-order valence-electron chi connectivity index (χ4n) is 5.09. The molecule has 1 unspecified atom stereocenters. The SMILES string of the molecule is O=C1c2ccccc2C(N(C(=O)c2ccccc2)c2cccc(Cl)c2)C(=O)N1C1CCCCC1. The third kappa shape index (κ3) is 4.01. The van der Waals surface area contributed by atoms with Crippen molar-refractivity contribution in [2.45, 2.75) is 44.2 Å². The summed E-state index contributed by atoms with van der Waals surface area (Å²) in [6.45, 7) is 0. The number of carbonyl (C=O) groups excluding carboxylic acids is 3. The Morgan fingerprint density at radius 2 is 1.56 bits per heavy atom. The number of halogens is 1. The first-order chi connectivity index (χ1) is 16.6. The van der Waals surface area contributed by atoms with Gasteiger partial charge in [0.1, 0.15) is 6.04 Å². The molecule has 1 aliphatic carbocycles. The van der Waals surface area contributed by atoms with Crippen molar-refractivity contribution in [3.8, 4) is 0 Å². The number of hydrogen-bond donors (Lipinski definition) is 0. The van der Waals surface area contributed by atoms with E-state index >= 15 is 0 Å². The third-order valence-electron chi connectivity index (χ3n) is 6.70. The maximum atomic E-state index is 14.1. The Labute approximate surface area is 203 Å². The molecule has 1 aliphatic heterocycles. The molecule has 0 spiro atoms. The molecule has 0 radical (unpaired) electrons. The summed E-state index contributed by atoms with van der Waals surface area (Å²) in [6, 6.07) is 21.8. The van der Waals surface area contributed by atoms with Crippen LogP contribution >= 0.6 is 11.6 Å². The van der Waals surface area contributed by atoms with Crippen LogP contribution in [0, 0.1) is 0 Å².